The summed E-state index contributed by atoms with van der Waals surface area (Å²) in [5.74, 6) is 1.10. The number of nitrogens with one attached hydrogen (secondary N) is 1. The van der Waals surface area contributed by atoms with E-state index in [-0.39, 0.29) is 36.8 Å². The molecule has 120 valence electrons. The first-order valence-electron chi connectivity index (χ1n) is 7.58. The molecule has 0 saturated heterocycles. The summed E-state index contributed by atoms with van der Waals surface area (Å²) >= 11 is 0. The fourth-order valence-electron chi connectivity index (χ4n) is 4.02. The molecule has 1 amide bonds. The number of imidazole rings is 1. The fourth-order valence-corrected chi connectivity index (χ4v) is 4.02. The van der Waals surface area contributed by atoms with E-state index in [1.54, 1.807) is 6.92 Å². The molecule has 2 aliphatic carbocycles. The largest absolute Gasteiger partial charge is 0.396 e. The Balaban J connectivity index is 1.64. The Morgan fingerprint density at radius 1 is 1.55 bits per heavy atom. The van der Waals surface area contributed by atoms with Gasteiger partial charge in [0.15, 0.2) is 0 Å². The number of hydrogen-bond acceptors (Lipinski definition) is 5. The number of aliphatic hydroxyl groups excluding tert-OH is 1. The first-order valence-corrected chi connectivity index (χ1v) is 7.58. The van der Waals surface area contributed by atoms with Crippen LogP contribution in [-0.2, 0) is 11.3 Å². The Hall–Kier alpha value is -1.96. The zero-order valence-electron chi connectivity index (χ0n) is 12.4. The molecule has 22 heavy (non-hydrogen) atoms. The normalized spacial score (nSPS) is 29.7. The van der Waals surface area contributed by atoms with Gasteiger partial charge in [-0.3, -0.25) is 9.36 Å². The van der Waals surface area contributed by atoms with Crippen LogP contribution in [0.2, 0.25) is 0 Å². The van der Waals surface area contributed by atoms with Crippen LogP contribution in [0.3, 0.4) is 0 Å². The van der Waals surface area contributed by atoms with E-state index in [1.807, 2.05) is 0 Å². The number of aliphatic hydroxyl groups is 1. The summed E-state index contributed by atoms with van der Waals surface area (Å²) in [6.07, 6.45) is 4.59. The molecule has 0 aromatic carbocycles. The molecule has 4 unspecified atom stereocenters. The summed E-state index contributed by atoms with van der Waals surface area (Å²) in [6, 6.07) is 0.0232. The Labute approximate surface area is 127 Å². The number of nitrogens with zero attached hydrogens (tertiary/aromatic N) is 3. The Morgan fingerprint density at radius 3 is 2.91 bits per heavy atom. The van der Waals surface area contributed by atoms with Crippen molar-refractivity contribution in [3.05, 3.63) is 22.1 Å². The van der Waals surface area contributed by atoms with Crippen molar-refractivity contribution in [2.45, 2.75) is 38.8 Å². The van der Waals surface area contributed by atoms with E-state index in [9.17, 15) is 20.0 Å². The van der Waals surface area contributed by atoms with Crippen molar-refractivity contribution >= 4 is 11.7 Å². The molecule has 8 nitrogen and oxygen atoms in total. The highest BCUT2D eigenvalue weighted by Gasteiger charge is 2.47. The van der Waals surface area contributed by atoms with Crippen molar-refractivity contribution in [1.29, 1.82) is 0 Å². The van der Waals surface area contributed by atoms with Crippen LogP contribution < -0.4 is 5.32 Å². The van der Waals surface area contributed by atoms with Gasteiger partial charge in [-0.05, 0) is 41.0 Å². The standard InChI is InChI=1S/C14H20N4O4/c1-8-15-12(18(21)22)5-17(8)6-13(20)16-14-10-3-2-9(4-10)11(14)7-19/h5,9-11,14,19H,2-4,6-7H2,1H3,(H,16,20). The van der Waals surface area contributed by atoms with E-state index >= 15 is 0 Å². The minimum absolute atomic E-state index is 0.0126. The average Bonchev–Trinajstić information content (AvgIpc) is 3.14. The maximum atomic E-state index is 12.2. The number of amides is 1. The lowest BCUT2D eigenvalue weighted by atomic mass is 9.85. The molecular weight excluding hydrogens is 288 g/mol. The van der Waals surface area contributed by atoms with Gasteiger partial charge < -0.3 is 20.5 Å². The van der Waals surface area contributed by atoms with Crippen molar-refractivity contribution in [2.75, 3.05) is 6.61 Å². The molecule has 2 fully saturated rings. The zero-order chi connectivity index (χ0) is 15.9. The third kappa shape index (κ3) is 2.58. The lowest BCUT2D eigenvalue weighted by molar-refractivity contribution is -0.389. The number of carbonyl (C=O) groups is 1. The molecule has 2 aliphatic rings. The Morgan fingerprint density at radius 2 is 2.27 bits per heavy atom. The highest BCUT2D eigenvalue weighted by molar-refractivity contribution is 5.76. The van der Waals surface area contributed by atoms with Crippen molar-refractivity contribution in [1.82, 2.24) is 14.9 Å². The van der Waals surface area contributed by atoms with Gasteiger partial charge in [-0.2, -0.15) is 0 Å². The summed E-state index contributed by atoms with van der Waals surface area (Å²) in [7, 11) is 0. The van der Waals surface area contributed by atoms with E-state index in [1.165, 1.54) is 10.8 Å². The SMILES string of the molecule is Cc1nc([N+](=O)[O-])cn1CC(=O)NC1C2CCC(C2)C1CO. The van der Waals surface area contributed by atoms with E-state index in [2.05, 4.69) is 10.3 Å². The smallest absolute Gasteiger partial charge is 0.381 e. The molecule has 1 aromatic rings. The molecule has 0 spiro atoms. The first-order chi connectivity index (χ1) is 10.5. The topological polar surface area (TPSA) is 110 Å². The highest BCUT2D eigenvalue weighted by atomic mass is 16.6. The van der Waals surface area contributed by atoms with E-state index in [4.69, 9.17) is 0 Å². The molecule has 0 aliphatic heterocycles. The van der Waals surface area contributed by atoms with Gasteiger partial charge in [0, 0.05) is 25.5 Å². The van der Waals surface area contributed by atoms with Crippen LogP contribution in [-0.4, -0.2) is 38.1 Å². The van der Waals surface area contributed by atoms with E-state index in [0.29, 0.717) is 17.7 Å². The van der Waals surface area contributed by atoms with Crippen LogP contribution in [0.25, 0.3) is 0 Å². The van der Waals surface area contributed by atoms with E-state index in [0.717, 1.165) is 19.3 Å². The van der Waals surface area contributed by atoms with Gasteiger partial charge >= 0.3 is 5.82 Å². The maximum absolute atomic E-state index is 12.2. The number of carbonyl (C=O) groups excluding carboxylic acids is 1. The number of nitro groups is 1. The van der Waals surface area contributed by atoms with Crippen LogP contribution in [0.4, 0.5) is 5.82 Å². The zero-order valence-corrected chi connectivity index (χ0v) is 12.4. The average molecular weight is 308 g/mol. The van der Waals surface area contributed by atoms with Crippen molar-refractivity contribution in [3.63, 3.8) is 0 Å². The predicted molar refractivity (Wildman–Crippen MR) is 77.0 cm³/mol. The second kappa shape index (κ2) is 5.68. The van der Waals surface area contributed by atoms with Crippen molar-refractivity contribution < 1.29 is 14.8 Å². The highest BCUT2D eigenvalue weighted by Crippen LogP contribution is 2.48. The summed E-state index contributed by atoms with van der Waals surface area (Å²) in [5.41, 5.74) is 0. The summed E-state index contributed by atoms with van der Waals surface area (Å²) in [5, 5.41) is 23.2. The van der Waals surface area contributed by atoms with Gasteiger partial charge in [0.05, 0.1) is 0 Å². The molecular formula is C14H20N4O4. The minimum atomic E-state index is -0.570. The number of hydrogen-bond donors (Lipinski definition) is 2. The number of rotatable bonds is 5. The quantitative estimate of drug-likeness (QED) is 0.612. The Bertz CT molecular complexity index is 600. The third-order valence-corrected chi connectivity index (χ3v) is 5.09. The lowest BCUT2D eigenvalue weighted by Gasteiger charge is -2.30. The maximum Gasteiger partial charge on any atom is 0.381 e. The van der Waals surface area contributed by atoms with Crippen molar-refractivity contribution in [3.8, 4) is 0 Å². The Kier molecular flexibility index (Phi) is 3.86. The second-order valence-electron chi connectivity index (χ2n) is 6.30. The number of fused-ring (bicyclic) bond motifs is 2. The van der Waals surface area contributed by atoms with Crippen LogP contribution in [0, 0.1) is 34.8 Å². The molecule has 3 rings (SSSR count). The molecule has 2 N–H and O–H groups in total. The van der Waals surface area contributed by atoms with Crippen molar-refractivity contribution in [2.24, 2.45) is 17.8 Å². The van der Waals surface area contributed by atoms with Gasteiger partial charge in [-0.1, -0.05) is 0 Å². The minimum Gasteiger partial charge on any atom is -0.396 e. The fraction of sp³-hybridized carbons (Fsp3) is 0.714. The molecule has 1 heterocycles. The monoisotopic (exact) mass is 308 g/mol. The van der Waals surface area contributed by atoms with Gasteiger partial charge in [0.2, 0.25) is 11.7 Å². The van der Waals surface area contributed by atoms with Crippen LogP contribution >= 0.6 is 0 Å². The third-order valence-electron chi connectivity index (χ3n) is 5.09. The molecule has 2 saturated carbocycles. The molecule has 8 heteroatoms. The summed E-state index contributed by atoms with van der Waals surface area (Å²) < 4.78 is 1.48. The van der Waals surface area contributed by atoms with Crippen LogP contribution in [0.5, 0.6) is 0 Å². The molecule has 2 bridgehead atoms. The molecule has 1 aromatic heterocycles. The number of aryl methyl sites for hydroxylation is 1. The van der Waals surface area contributed by atoms with Crippen LogP contribution in [0.15, 0.2) is 6.20 Å². The molecule has 0 radical (unpaired) electrons. The van der Waals surface area contributed by atoms with Gasteiger partial charge in [-0.25, -0.2) is 0 Å². The van der Waals surface area contributed by atoms with Gasteiger partial charge in [0.1, 0.15) is 12.7 Å². The van der Waals surface area contributed by atoms with E-state index < -0.39 is 4.92 Å². The summed E-state index contributed by atoms with van der Waals surface area (Å²) in [4.78, 5) is 26.2. The second-order valence-corrected chi connectivity index (χ2v) is 6.30. The number of aromatic nitrogens is 2. The predicted octanol–water partition coefficient (Wildman–Crippen LogP) is 0.623. The lowest BCUT2D eigenvalue weighted by Crippen LogP contribution is -2.46. The van der Waals surface area contributed by atoms with Gasteiger partial charge in [-0.15, -0.1) is 0 Å². The van der Waals surface area contributed by atoms with Gasteiger partial charge in [0.25, 0.3) is 0 Å². The first kappa shape index (κ1) is 15.0. The summed E-state index contributed by atoms with van der Waals surface area (Å²) in [6.45, 7) is 1.74. The van der Waals surface area contributed by atoms with Crippen LogP contribution in [0.1, 0.15) is 25.1 Å². The molecule has 4 atom stereocenters.